The summed E-state index contributed by atoms with van der Waals surface area (Å²) in [4.78, 5) is 7.30. The maximum Gasteiger partial charge on any atom is 0.417 e. The number of hydrogen-bond donors (Lipinski definition) is 1. The summed E-state index contributed by atoms with van der Waals surface area (Å²) in [6, 6.07) is 18.2. The van der Waals surface area contributed by atoms with Crippen molar-refractivity contribution < 1.29 is 26.5 Å². The van der Waals surface area contributed by atoms with Crippen LogP contribution in [0.15, 0.2) is 82.4 Å². The second kappa shape index (κ2) is 9.50. The monoisotopic (exact) mass is 535 g/mol. The van der Waals surface area contributed by atoms with Crippen LogP contribution in [0.4, 0.5) is 22.0 Å². The minimum Gasteiger partial charge on any atom is -0.359 e. The molecule has 0 atom stereocenters. The summed E-state index contributed by atoms with van der Waals surface area (Å²) in [5.41, 5.74) is 1.29. The molecule has 0 aliphatic carbocycles. The highest BCUT2D eigenvalue weighted by atomic mass is 19.4. The van der Waals surface area contributed by atoms with Crippen LogP contribution in [0.3, 0.4) is 0 Å². The van der Waals surface area contributed by atoms with Crippen LogP contribution in [0.5, 0.6) is 0 Å². The molecule has 0 fully saturated rings. The fourth-order valence-electron chi connectivity index (χ4n) is 4.42. The maximum absolute atomic E-state index is 14.2. The van der Waals surface area contributed by atoms with Gasteiger partial charge in [-0.1, -0.05) is 53.7 Å². The number of nitrogens with zero attached hydrogens (tertiary/aromatic N) is 4. The molecule has 1 N–H and O–H groups in total. The molecule has 39 heavy (non-hydrogen) atoms. The third-order valence-electron chi connectivity index (χ3n) is 6.31. The third kappa shape index (κ3) is 4.78. The first-order chi connectivity index (χ1) is 18.8. The first-order valence-electron chi connectivity index (χ1n) is 11.8. The van der Waals surface area contributed by atoms with E-state index in [-0.39, 0.29) is 41.5 Å². The van der Waals surface area contributed by atoms with Crippen LogP contribution < -0.4 is 0 Å². The molecule has 0 unspecified atom stereocenters. The Kier molecular flexibility index (Phi) is 5.97. The maximum atomic E-state index is 14.2. The molecule has 6 nitrogen and oxygen atoms in total. The first kappa shape index (κ1) is 24.5. The molecule has 3 aromatic carbocycles. The topological polar surface area (TPSA) is 70.3 Å². The molecule has 6 rings (SSSR count). The average molecular weight is 535 g/mol. The lowest BCUT2D eigenvalue weighted by atomic mass is 9.97. The number of fused-ring (bicyclic) bond motifs is 1. The van der Waals surface area contributed by atoms with Gasteiger partial charge in [0, 0.05) is 11.6 Å². The van der Waals surface area contributed by atoms with E-state index in [2.05, 4.69) is 20.2 Å². The van der Waals surface area contributed by atoms with E-state index < -0.39 is 23.4 Å². The highest BCUT2D eigenvalue weighted by Crippen LogP contribution is 2.39. The molecule has 0 spiro atoms. The number of alkyl halides is 3. The highest BCUT2D eigenvalue weighted by molar-refractivity contribution is 5.81. The number of benzene rings is 3. The number of H-pyrrole nitrogens is 1. The Balaban J connectivity index is 1.23. The summed E-state index contributed by atoms with van der Waals surface area (Å²) >= 11 is 0. The standard InChI is InChI=1S/C28H18F5N5O/c29-22-8-4-7-20(26(22)30)27-35-24-13-34-38(15-25(24)36-27)14-18-12-23(37-39-18)19-10-9-17(11-21(19)28(31,32)33)16-5-2-1-3-6-16/h1-13H,14-15H2,(H,35,36). The predicted octanol–water partition coefficient (Wildman–Crippen LogP) is 7.05. The van der Waals surface area contributed by atoms with Gasteiger partial charge in [0.25, 0.3) is 0 Å². The summed E-state index contributed by atoms with van der Waals surface area (Å²) < 4.78 is 75.1. The van der Waals surface area contributed by atoms with Crippen LogP contribution in [-0.2, 0) is 19.3 Å². The van der Waals surface area contributed by atoms with E-state index in [4.69, 9.17) is 4.52 Å². The zero-order chi connectivity index (χ0) is 27.1. The van der Waals surface area contributed by atoms with E-state index in [0.29, 0.717) is 22.5 Å². The van der Waals surface area contributed by atoms with Gasteiger partial charge in [0.1, 0.15) is 11.5 Å². The van der Waals surface area contributed by atoms with E-state index in [9.17, 15) is 22.0 Å². The minimum atomic E-state index is -4.61. The second-order valence-corrected chi connectivity index (χ2v) is 8.92. The summed E-state index contributed by atoms with van der Waals surface area (Å²) in [7, 11) is 0. The van der Waals surface area contributed by atoms with Gasteiger partial charge >= 0.3 is 6.18 Å². The lowest BCUT2D eigenvalue weighted by Gasteiger charge is -2.19. The van der Waals surface area contributed by atoms with Gasteiger partial charge in [-0.25, -0.2) is 13.8 Å². The lowest BCUT2D eigenvalue weighted by molar-refractivity contribution is -0.137. The molecule has 0 bridgehead atoms. The quantitative estimate of drug-likeness (QED) is 0.245. The highest BCUT2D eigenvalue weighted by Gasteiger charge is 2.35. The first-order valence-corrected chi connectivity index (χ1v) is 11.8. The van der Waals surface area contributed by atoms with Gasteiger partial charge in [0.15, 0.2) is 17.4 Å². The van der Waals surface area contributed by atoms with Crippen LogP contribution >= 0.6 is 0 Å². The van der Waals surface area contributed by atoms with Crippen molar-refractivity contribution >= 4 is 6.21 Å². The Labute approximate surface area is 218 Å². The average Bonchev–Trinajstić information content (AvgIpc) is 3.57. The Morgan fingerprint density at radius 1 is 0.897 bits per heavy atom. The van der Waals surface area contributed by atoms with Crippen molar-refractivity contribution in [2.24, 2.45) is 5.10 Å². The van der Waals surface area contributed by atoms with Gasteiger partial charge < -0.3 is 9.51 Å². The Hall–Kier alpha value is -4.80. The number of halogens is 5. The summed E-state index contributed by atoms with van der Waals surface area (Å²) in [6.45, 7) is 0.303. The molecule has 11 heteroatoms. The van der Waals surface area contributed by atoms with Gasteiger partial charge in [-0.05, 0) is 29.3 Å². The molecule has 0 saturated heterocycles. The molecule has 2 aromatic heterocycles. The predicted molar refractivity (Wildman–Crippen MR) is 133 cm³/mol. The largest absolute Gasteiger partial charge is 0.417 e. The fourth-order valence-corrected chi connectivity index (χ4v) is 4.42. The van der Waals surface area contributed by atoms with Crippen molar-refractivity contribution in [2.45, 2.75) is 19.3 Å². The number of hydrazone groups is 1. The smallest absolute Gasteiger partial charge is 0.359 e. The molecular weight excluding hydrogens is 517 g/mol. The van der Waals surface area contributed by atoms with Crippen LogP contribution in [0, 0.1) is 11.6 Å². The lowest BCUT2D eigenvalue weighted by Crippen LogP contribution is -2.21. The minimum absolute atomic E-state index is 0.0111. The van der Waals surface area contributed by atoms with Crippen LogP contribution in [0.25, 0.3) is 33.8 Å². The second-order valence-electron chi connectivity index (χ2n) is 8.92. The van der Waals surface area contributed by atoms with Gasteiger partial charge in [0.2, 0.25) is 0 Å². The number of imidazole rings is 1. The van der Waals surface area contributed by atoms with Crippen molar-refractivity contribution in [2.75, 3.05) is 0 Å². The zero-order valence-electron chi connectivity index (χ0n) is 20.0. The van der Waals surface area contributed by atoms with Crippen molar-refractivity contribution in [3.8, 4) is 33.8 Å². The number of aromatic nitrogens is 3. The molecule has 1 aliphatic heterocycles. The molecule has 0 saturated carbocycles. The van der Waals surface area contributed by atoms with E-state index in [1.807, 2.05) is 0 Å². The SMILES string of the molecule is Fc1cccc(-c2nc3c([nH]2)C=NN(Cc2cc(-c4ccc(-c5ccccc5)cc4C(F)(F)F)no2)C3)c1F. The van der Waals surface area contributed by atoms with Crippen molar-refractivity contribution in [3.05, 3.63) is 107 Å². The number of nitrogens with one attached hydrogen (secondary N) is 1. The summed E-state index contributed by atoms with van der Waals surface area (Å²) in [5.74, 6) is -1.55. The molecule has 3 heterocycles. The Morgan fingerprint density at radius 2 is 1.72 bits per heavy atom. The van der Waals surface area contributed by atoms with Crippen molar-refractivity contribution in [1.29, 1.82) is 0 Å². The van der Waals surface area contributed by atoms with Crippen LogP contribution in [0.1, 0.15) is 22.7 Å². The fraction of sp³-hybridized carbons (Fsp3) is 0.107. The zero-order valence-corrected chi connectivity index (χ0v) is 20.0. The molecule has 5 aromatic rings. The van der Waals surface area contributed by atoms with Gasteiger partial charge in [-0.15, -0.1) is 0 Å². The third-order valence-corrected chi connectivity index (χ3v) is 6.31. The normalized spacial score (nSPS) is 13.1. The Morgan fingerprint density at radius 3 is 2.51 bits per heavy atom. The molecular formula is C28H18F5N5O. The van der Waals surface area contributed by atoms with Crippen LogP contribution in [0.2, 0.25) is 0 Å². The van der Waals surface area contributed by atoms with E-state index in [0.717, 1.165) is 12.1 Å². The van der Waals surface area contributed by atoms with Crippen molar-refractivity contribution in [1.82, 2.24) is 20.1 Å². The van der Waals surface area contributed by atoms with Crippen molar-refractivity contribution in [3.63, 3.8) is 0 Å². The van der Waals surface area contributed by atoms with Gasteiger partial charge in [-0.2, -0.15) is 18.3 Å². The van der Waals surface area contributed by atoms with Crippen LogP contribution in [-0.4, -0.2) is 26.3 Å². The number of hydrogen-bond acceptors (Lipinski definition) is 5. The summed E-state index contributed by atoms with van der Waals surface area (Å²) in [5, 5.41) is 9.75. The van der Waals surface area contributed by atoms with Gasteiger partial charge in [-0.3, -0.25) is 5.01 Å². The summed E-state index contributed by atoms with van der Waals surface area (Å²) in [6.07, 6.45) is -3.13. The van der Waals surface area contributed by atoms with E-state index in [1.54, 1.807) is 41.4 Å². The Bertz CT molecular complexity index is 1690. The molecule has 0 amide bonds. The molecule has 1 aliphatic rings. The van der Waals surface area contributed by atoms with E-state index in [1.165, 1.54) is 30.5 Å². The molecule has 0 radical (unpaired) electrons. The number of rotatable bonds is 5. The van der Waals surface area contributed by atoms with Gasteiger partial charge in [0.05, 0.1) is 41.8 Å². The molecule has 196 valence electrons. The van der Waals surface area contributed by atoms with E-state index >= 15 is 0 Å². The number of aromatic amines is 1.